The predicted molar refractivity (Wildman–Crippen MR) is 85.5 cm³/mol. The van der Waals surface area contributed by atoms with Crippen molar-refractivity contribution in [1.82, 2.24) is 0 Å². The Morgan fingerprint density at radius 3 is 2.50 bits per heavy atom. The highest BCUT2D eigenvalue weighted by Gasteiger charge is 2.11. The van der Waals surface area contributed by atoms with Crippen LogP contribution in [0, 0.1) is 0 Å². The second kappa shape index (κ2) is 6.99. The Bertz CT molecular complexity index is 551. The van der Waals surface area contributed by atoms with E-state index in [2.05, 4.69) is 49.5 Å². The summed E-state index contributed by atoms with van der Waals surface area (Å²) in [6.45, 7) is 4.38. The molecule has 1 atom stereocenters. The Balaban J connectivity index is 2.21. The Hall–Kier alpha value is -1.96. The van der Waals surface area contributed by atoms with Crippen LogP contribution in [-0.2, 0) is 6.42 Å². The number of hydrogen-bond donors (Lipinski definition) is 1. The molecule has 2 aromatic rings. The number of aryl methyl sites for hydroxylation is 1. The van der Waals surface area contributed by atoms with Crippen molar-refractivity contribution in [2.75, 3.05) is 12.4 Å². The van der Waals surface area contributed by atoms with Crippen molar-refractivity contribution < 1.29 is 4.74 Å². The van der Waals surface area contributed by atoms with E-state index in [-0.39, 0.29) is 6.04 Å². The molecular formula is C18H23NO. The first kappa shape index (κ1) is 14.4. The van der Waals surface area contributed by atoms with Crippen molar-refractivity contribution in [3.63, 3.8) is 0 Å². The average molecular weight is 269 g/mol. The first-order chi connectivity index (χ1) is 9.76. The molecule has 0 fully saturated rings. The van der Waals surface area contributed by atoms with Crippen LogP contribution in [0.3, 0.4) is 0 Å². The van der Waals surface area contributed by atoms with E-state index >= 15 is 0 Å². The van der Waals surface area contributed by atoms with Gasteiger partial charge in [0.1, 0.15) is 5.75 Å². The van der Waals surface area contributed by atoms with Crippen LogP contribution >= 0.6 is 0 Å². The largest absolute Gasteiger partial charge is 0.496 e. The van der Waals surface area contributed by atoms with Crippen LogP contribution in [0.1, 0.15) is 37.4 Å². The molecule has 0 aliphatic heterocycles. The Kier molecular flexibility index (Phi) is 5.05. The molecule has 2 rings (SSSR count). The summed E-state index contributed by atoms with van der Waals surface area (Å²) in [6.07, 6.45) is 2.25. The second-order valence-electron chi connectivity index (χ2n) is 5.02. The van der Waals surface area contributed by atoms with Crippen molar-refractivity contribution >= 4 is 5.69 Å². The molecule has 106 valence electrons. The van der Waals surface area contributed by atoms with Gasteiger partial charge in [-0.25, -0.2) is 0 Å². The van der Waals surface area contributed by atoms with Gasteiger partial charge in [0.25, 0.3) is 0 Å². The third kappa shape index (κ3) is 3.32. The zero-order chi connectivity index (χ0) is 14.4. The molecule has 1 N–H and O–H groups in total. The number of nitrogens with one attached hydrogen (secondary N) is 1. The van der Waals surface area contributed by atoms with Gasteiger partial charge in [0.05, 0.1) is 13.2 Å². The molecule has 0 radical (unpaired) electrons. The number of ether oxygens (including phenoxy) is 1. The molecule has 0 amide bonds. The van der Waals surface area contributed by atoms with Crippen molar-refractivity contribution in [1.29, 1.82) is 0 Å². The maximum atomic E-state index is 5.44. The summed E-state index contributed by atoms with van der Waals surface area (Å²) in [5, 5.41) is 3.61. The summed E-state index contributed by atoms with van der Waals surface area (Å²) in [5.74, 6) is 0.931. The van der Waals surface area contributed by atoms with Gasteiger partial charge in [-0.1, -0.05) is 49.7 Å². The first-order valence-corrected chi connectivity index (χ1v) is 7.23. The summed E-state index contributed by atoms with van der Waals surface area (Å²) in [5.41, 5.74) is 3.77. The van der Waals surface area contributed by atoms with E-state index in [0.717, 1.165) is 18.6 Å². The highest BCUT2D eigenvalue weighted by Crippen LogP contribution is 2.28. The van der Waals surface area contributed by atoms with Gasteiger partial charge in [-0.15, -0.1) is 0 Å². The number of methoxy groups -OCH3 is 1. The molecule has 0 saturated heterocycles. The molecule has 1 unspecified atom stereocenters. The minimum Gasteiger partial charge on any atom is -0.496 e. The van der Waals surface area contributed by atoms with E-state index in [1.165, 1.54) is 16.8 Å². The first-order valence-electron chi connectivity index (χ1n) is 7.23. The van der Waals surface area contributed by atoms with Gasteiger partial charge >= 0.3 is 0 Å². The van der Waals surface area contributed by atoms with Gasteiger partial charge in [0.15, 0.2) is 0 Å². The summed E-state index contributed by atoms with van der Waals surface area (Å²) in [7, 11) is 1.72. The van der Waals surface area contributed by atoms with E-state index in [1.807, 2.05) is 18.2 Å². The molecule has 0 bridgehead atoms. The van der Waals surface area contributed by atoms with Gasteiger partial charge in [0, 0.05) is 11.3 Å². The smallest absolute Gasteiger partial charge is 0.124 e. The molecule has 0 aliphatic carbocycles. The van der Waals surface area contributed by atoms with Gasteiger partial charge in [0.2, 0.25) is 0 Å². The minimum atomic E-state index is 0.212. The van der Waals surface area contributed by atoms with E-state index in [4.69, 9.17) is 4.74 Å². The normalized spacial score (nSPS) is 11.9. The summed E-state index contributed by atoms with van der Waals surface area (Å²) >= 11 is 0. The predicted octanol–water partition coefficient (Wildman–Crippen LogP) is 4.82. The zero-order valence-corrected chi connectivity index (χ0v) is 12.5. The number of anilines is 1. The molecule has 2 aromatic carbocycles. The molecule has 0 aliphatic rings. The lowest BCUT2D eigenvalue weighted by Crippen LogP contribution is -2.09. The minimum absolute atomic E-state index is 0.212. The Labute approximate surface area is 121 Å². The van der Waals surface area contributed by atoms with E-state index < -0.39 is 0 Å². The van der Waals surface area contributed by atoms with Gasteiger partial charge in [-0.2, -0.15) is 0 Å². The van der Waals surface area contributed by atoms with Gasteiger partial charge in [-0.05, 0) is 31.0 Å². The van der Waals surface area contributed by atoms with Crippen molar-refractivity contribution in [2.24, 2.45) is 0 Å². The number of para-hydroxylation sites is 2. The fraction of sp³-hybridized carbons (Fsp3) is 0.333. The quantitative estimate of drug-likeness (QED) is 0.811. The number of benzene rings is 2. The number of hydrogen-bond acceptors (Lipinski definition) is 2. The monoisotopic (exact) mass is 269 g/mol. The molecule has 20 heavy (non-hydrogen) atoms. The SMILES string of the molecule is CCCc1ccccc1NC(C)c1ccccc1OC. The van der Waals surface area contributed by atoms with Crippen molar-refractivity contribution in [3.05, 3.63) is 59.7 Å². The van der Waals surface area contributed by atoms with Crippen LogP contribution in [0.2, 0.25) is 0 Å². The average Bonchev–Trinajstić information content (AvgIpc) is 2.49. The van der Waals surface area contributed by atoms with Crippen LogP contribution in [0.15, 0.2) is 48.5 Å². The Morgan fingerprint density at radius 2 is 1.75 bits per heavy atom. The fourth-order valence-electron chi connectivity index (χ4n) is 2.48. The van der Waals surface area contributed by atoms with E-state index in [1.54, 1.807) is 7.11 Å². The molecule has 2 heteroatoms. The van der Waals surface area contributed by atoms with Gasteiger partial charge < -0.3 is 10.1 Å². The summed E-state index contributed by atoms with van der Waals surface area (Å²) in [4.78, 5) is 0. The summed E-state index contributed by atoms with van der Waals surface area (Å²) < 4.78 is 5.44. The van der Waals surface area contributed by atoms with Crippen molar-refractivity contribution in [3.8, 4) is 5.75 Å². The van der Waals surface area contributed by atoms with Crippen LogP contribution < -0.4 is 10.1 Å². The molecule has 0 spiro atoms. The molecule has 2 nitrogen and oxygen atoms in total. The van der Waals surface area contributed by atoms with Crippen LogP contribution in [-0.4, -0.2) is 7.11 Å². The highest BCUT2D eigenvalue weighted by molar-refractivity contribution is 5.53. The maximum absolute atomic E-state index is 5.44. The summed E-state index contributed by atoms with van der Waals surface area (Å²) in [6, 6.07) is 16.9. The molecule has 0 saturated carbocycles. The topological polar surface area (TPSA) is 21.3 Å². The Morgan fingerprint density at radius 1 is 1.05 bits per heavy atom. The lowest BCUT2D eigenvalue weighted by atomic mass is 10.0. The van der Waals surface area contributed by atoms with Crippen LogP contribution in [0.5, 0.6) is 5.75 Å². The standard InChI is InChI=1S/C18H23NO/c1-4-9-15-10-5-7-12-17(15)19-14(2)16-11-6-8-13-18(16)20-3/h5-8,10-14,19H,4,9H2,1-3H3. The fourth-order valence-corrected chi connectivity index (χ4v) is 2.48. The second-order valence-corrected chi connectivity index (χ2v) is 5.02. The lowest BCUT2D eigenvalue weighted by Gasteiger charge is -2.20. The van der Waals surface area contributed by atoms with Crippen molar-refractivity contribution in [2.45, 2.75) is 32.7 Å². The van der Waals surface area contributed by atoms with Gasteiger partial charge in [-0.3, -0.25) is 0 Å². The van der Waals surface area contributed by atoms with E-state index in [9.17, 15) is 0 Å². The van der Waals surface area contributed by atoms with Crippen LogP contribution in [0.4, 0.5) is 5.69 Å². The highest BCUT2D eigenvalue weighted by atomic mass is 16.5. The number of rotatable bonds is 6. The molecule has 0 heterocycles. The third-order valence-corrected chi connectivity index (χ3v) is 3.51. The van der Waals surface area contributed by atoms with Crippen LogP contribution in [0.25, 0.3) is 0 Å². The molecular weight excluding hydrogens is 246 g/mol. The lowest BCUT2D eigenvalue weighted by molar-refractivity contribution is 0.408. The third-order valence-electron chi connectivity index (χ3n) is 3.51. The zero-order valence-electron chi connectivity index (χ0n) is 12.5. The maximum Gasteiger partial charge on any atom is 0.124 e. The van der Waals surface area contributed by atoms with E-state index in [0.29, 0.717) is 0 Å². The molecule has 0 aromatic heterocycles.